The summed E-state index contributed by atoms with van der Waals surface area (Å²) in [6.07, 6.45) is 0. The van der Waals surface area contributed by atoms with Crippen LogP contribution in [0, 0.1) is 47.5 Å². The largest absolute Gasteiger partial charge is 0.0614 e. The Bertz CT molecular complexity index is 1130. The van der Waals surface area contributed by atoms with E-state index in [1.54, 1.807) is 0 Å². The molecule has 0 N–H and O–H groups in total. The van der Waals surface area contributed by atoms with Gasteiger partial charge < -0.3 is 0 Å². The molecule has 1 aliphatic carbocycles. The molecule has 0 saturated carbocycles. The maximum Gasteiger partial charge on any atom is 0.0554 e. The van der Waals surface area contributed by atoms with Crippen molar-refractivity contribution in [2.75, 3.05) is 0 Å². The van der Waals surface area contributed by atoms with E-state index in [-0.39, 0.29) is 11.3 Å². The predicted octanol–water partition coefficient (Wildman–Crippen LogP) is 9.17. The summed E-state index contributed by atoms with van der Waals surface area (Å²) in [7, 11) is 0. The zero-order chi connectivity index (χ0) is 24.9. The lowest BCUT2D eigenvalue weighted by Gasteiger charge is -2.44. The van der Waals surface area contributed by atoms with Gasteiger partial charge in [0.25, 0.3) is 0 Å². The minimum atomic E-state index is -0.308. The Balaban J connectivity index is 2.28. The van der Waals surface area contributed by atoms with Crippen molar-refractivity contribution in [1.82, 2.24) is 0 Å². The quantitative estimate of drug-likeness (QED) is 0.349. The number of rotatable bonds is 4. The molecule has 0 atom stereocenters. The minimum Gasteiger partial charge on any atom is -0.0614 e. The van der Waals surface area contributed by atoms with Crippen LogP contribution in [0.15, 0.2) is 76.9 Å². The molecular weight excluding hydrogens is 408 g/mol. The molecule has 0 unspecified atom stereocenters. The van der Waals surface area contributed by atoms with Crippen molar-refractivity contribution in [1.29, 1.82) is 0 Å². The number of benzene rings is 3. The molecule has 0 radical (unpaired) electrons. The van der Waals surface area contributed by atoms with Crippen LogP contribution in [0.2, 0.25) is 0 Å². The second-order valence-electron chi connectivity index (χ2n) is 11.0. The normalized spacial score (nSPS) is 15.0. The number of aryl methyl sites for hydroxylation is 6. The van der Waals surface area contributed by atoms with Crippen molar-refractivity contribution in [3.8, 4) is 0 Å². The molecule has 0 nitrogen and oxygen atoms in total. The Labute approximate surface area is 207 Å². The topological polar surface area (TPSA) is 0 Å². The highest BCUT2D eigenvalue weighted by atomic mass is 14.5. The van der Waals surface area contributed by atoms with E-state index in [4.69, 9.17) is 0 Å². The van der Waals surface area contributed by atoms with Crippen LogP contribution in [0.3, 0.4) is 0 Å². The molecule has 1 aliphatic rings. The minimum absolute atomic E-state index is 0.274. The van der Waals surface area contributed by atoms with Gasteiger partial charge in [-0.05, 0) is 97.1 Å². The first-order valence-corrected chi connectivity index (χ1v) is 12.6. The monoisotopic (exact) mass is 448 g/mol. The van der Waals surface area contributed by atoms with Crippen LogP contribution < -0.4 is 0 Å². The fourth-order valence-electron chi connectivity index (χ4n) is 6.61. The van der Waals surface area contributed by atoms with Crippen LogP contribution >= 0.6 is 0 Å². The third-order valence-corrected chi connectivity index (χ3v) is 8.08. The van der Waals surface area contributed by atoms with Crippen LogP contribution in [-0.2, 0) is 5.41 Å². The fraction of sp³-hybridized carbons (Fsp3) is 0.353. The molecule has 3 aromatic carbocycles. The molecule has 0 heteroatoms. The van der Waals surface area contributed by atoms with Crippen LogP contribution in [0.4, 0.5) is 0 Å². The molecule has 0 spiro atoms. The first kappa shape index (κ1) is 24.3. The average molecular weight is 449 g/mol. The lowest BCUT2D eigenvalue weighted by Crippen LogP contribution is -2.39. The summed E-state index contributed by atoms with van der Waals surface area (Å²) in [4.78, 5) is 0. The maximum absolute atomic E-state index is 2.44. The summed E-state index contributed by atoms with van der Waals surface area (Å²) >= 11 is 0. The number of hydrogen-bond acceptors (Lipinski definition) is 0. The molecule has 0 aliphatic heterocycles. The highest BCUT2D eigenvalue weighted by Crippen LogP contribution is 2.55. The molecule has 0 bridgehead atoms. The Morgan fingerprint density at radius 2 is 0.618 bits per heavy atom. The number of hydrogen-bond donors (Lipinski definition) is 0. The predicted molar refractivity (Wildman–Crippen MR) is 148 cm³/mol. The maximum atomic E-state index is 2.44. The van der Waals surface area contributed by atoms with E-state index in [9.17, 15) is 0 Å². The summed E-state index contributed by atoms with van der Waals surface area (Å²) in [6, 6.07) is 21.5. The summed E-state index contributed by atoms with van der Waals surface area (Å²) in [6.45, 7) is 22.8. The Hall–Kier alpha value is -2.86. The third kappa shape index (κ3) is 3.88. The van der Waals surface area contributed by atoms with Gasteiger partial charge in [0, 0.05) is 5.92 Å². The first-order valence-electron chi connectivity index (χ1n) is 12.6. The average Bonchev–Trinajstić information content (AvgIpc) is 2.91. The van der Waals surface area contributed by atoms with Gasteiger partial charge in [0.05, 0.1) is 5.41 Å². The van der Waals surface area contributed by atoms with Gasteiger partial charge in [-0.25, -0.2) is 0 Å². The van der Waals surface area contributed by atoms with Gasteiger partial charge in [-0.3, -0.25) is 0 Å². The van der Waals surface area contributed by atoms with Crippen LogP contribution in [0.1, 0.15) is 77.8 Å². The van der Waals surface area contributed by atoms with Crippen LogP contribution in [0.5, 0.6) is 0 Å². The summed E-state index contributed by atoms with van der Waals surface area (Å²) in [5.41, 5.74) is 17.7. The van der Waals surface area contributed by atoms with E-state index in [0.29, 0.717) is 0 Å². The van der Waals surface area contributed by atoms with Gasteiger partial charge in [-0.2, -0.15) is 0 Å². The third-order valence-electron chi connectivity index (χ3n) is 8.08. The molecule has 0 aromatic heterocycles. The summed E-state index contributed by atoms with van der Waals surface area (Å²) < 4.78 is 0. The highest BCUT2D eigenvalue weighted by Gasteiger charge is 2.48. The second kappa shape index (κ2) is 8.73. The van der Waals surface area contributed by atoms with Crippen molar-refractivity contribution >= 4 is 0 Å². The SMILES string of the molecule is CC1=C(C)C(C(c2cc(C)cc(C)c2)(c2cc(C)cc(C)c2)c2cc(C)cc(C)c2)C(C)=C1C. The van der Waals surface area contributed by atoms with Crippen molar-refractivity contribution < 1.29 is 0 Å². The lowest BCUT2D eigenvalue weighted by molar-refractivity contribution is 0.483. The summed E-state index contributed by atoms with van der Waals surface area (Å²) in [5, 5.41) is 0. The van der Waals surface area contributed by atoms with E-state index in [0.717, 1.165) is 0 Å². The van der Waals surface area contributed by atoms with E-state index in [1.165, 1.54) is 72.4 Å². The standard InChI is InChI=1S/C34H40/c1-20-11-21(2)15-30(14-20)34(31-16-22(3)12-23(4)17-31,32-18-24(5)13-25(6)19-32)33-28(9)26(7)27(8)29(33)10/h11-19,33H,1-10H3. The van der Waals surface area contributed by atoms with Gasteiger partial charge in [0.2, 0.25) is 0 Å². The zero-order valence-corrected chi connectivity index (χ0v) is 22.8. The van der Waals surface area contributed by atoms with E-state index >= 15 is 0 Å². The lowest BCUT2D eigenvalue weighted by atomic mass is 9.58. The fourth-order valence-corrected chi connectivity index (χ4v) is 6.61. The van der Waals surface area contributed by atoms with Gasteiger partial charge in [-0.15, -0.1) is 0 Å². The van der Waals surface area contributed by atoms with E-state index in [1.807, 2.05) is 0 Å². The van der Waals surface area contributed by atoms with Gasteiger partial charge in [0.15, 0.2) is 0 Å². The Morgan fingerprint density at radius 3 is 0.853 bits per heavy atom. The molecule has 34 heavy (non-hydrogen) atoms. The Kier molecular flexibility index (Phi) is 6.23. The van der Waals surface area contributed by atoms with Crippen molar-refractivity contribution in [3.05, 3.63) is 127 Å². The second-order valence-corrected chi connectivity index (χ2v) is 11.0. The van der Waals surface area contributed by atoms with Crippen molar-refractivity contribution in [2.45, 2.75) is 74.7 Å². The van der Waals surface area contributed by atoms with Gasteiger partial charge >= 0.3 is 0 Å². The molecule has 0 fully saturated rings. The van der Waals surface area contributed by atoms with Gasteiger partial charge in [0.1, 0.15) is 0 Å². The number of allylic oxidation sites excluding steroid dienone is 4. The first-order chi connectivity index (χ1) is 15.9. The van der Waals surface area contributed by atoms with Crippen LogP contribution in [-0.4, -0.2) is 0 Å². The van der Waals surface area contributed by atoms with Crippen molar-refractivity contribution in [3.63, 3.8) is 0 Å². The molecule has 3 aromatic rings. The van der Waals surface area contributed by atoms with Crippen LogP contribution in [0.25, 0.3) is 0 Å². The molecule has 4 rings (SSSR count). The Morgan fingerprint density at radius 1 is 0.382 bits per heavy atom. The van der Waals surface area contributed by atoms with E-state index in [2.05, 4.69) is 124 Å². The molecular formula is C34H40. The summed E-state index contributed by atoms with van der Waals surface area (Å²) in [5.74, 6) is 0.274. The molecule has 0 saturated heterocycles. The smallest absolute Gasteiger partial charge is 0.0554 e. The highest BCUT2D eigenvalue weighted by molar-refractivity contribution is 5.62. The molecule has 0 amide bonds. The zero-order valence-electron chi connectivity index (χ0n) is 22.8. The van der Waals surface area contributed by atoms with E-state index < -0.39 is 0 Å². The van der Waals surface area contributed by atoms with Gasteiger partial charge in [-0.1, -0.05) is 99.1 Å². The molecule has 176 valence electrons. The van der Waals surface area contributed by atoms with Crippen molar-refractivity contribution in [2.24, 2.45) is 5.92 Å². The molecule has 0 heterocycles.